The van der Waals surface area contributed by atoms with E-state index in [0.717, 1.165) is 37.6 Å². The number of aliphatic imine (C=N–C) groups is 2. The van der Waals surface area contributed by atoms with Gasteiger partial charge in [0.25, 0.3) is 0 Å². The minimum atomic E-state index is -0.806. The monoisotopic (exact) mass is 468 g/mol. The molecular weight excluding hydrogens is 434 g/mol. The number of rotatable bonds is 13. The summed E-state index contributed by atoms with van der Waals surface area (Å²) < 4.78 is 29.5. The Morgan fingerprint density at radius 3 is 2.68 bits per heavy atom. The molecule has 8 heteroatoms. The van der Waals surface area contributed by atoms with Gasteiger partial charge in [0.15, 0.2) is 5.83 Å². The Morgan fingerprint density at radius 1 is 1.32 bits per heavy atom. The van der Waals surface area contributed by atoms with Gasteiger partial charge in [0.2, 0.25) is 0 Å². The van der Waals surface area contributed by atoms with E-state index in [-0.39, 0.29) is 22.8 Å². The Bertz CT molecular complexity index is 1040. The smallest absolute Gasteiger partial charge is 0.164 e. The lowest BCUT2D eigenvalue weighted by atomic mass is 10.00. The first-order chi connectivity index (χ1) is 16.3. The van der Waals surface area contributed by atoms with Crippen molar-refractivity contribution in [2.45, 2.75) is 39.5 Å². The standard InChI is InChI=1S/C26H34F2N6/c1-6-17(2)12-19-9-10-24(32-16-19)33-18(3)34-26(23(28)15-29)21-13-20(8-7-11-30-4)25(31-5)22(27)14-21/h9-10,13-17,30H,3,5-8,11-12,29H2,1-2,4H3,(H,32,33)/b23-15+,34-26-. The van der Waals surface area contributed by atoms with Crippen molar-refractivity contribution in [1.29, 1.82) is 0 Å². The number of allylic oxidation sites excluding steroid dienone is 1. The molecule has 2 aromatic rings. The highest BCUT2D eigenvalue weighted by molar-refractivity contribution is 6.12. The minimum Gasteiger partial charge on any atom is -0.402 e. The third kappa shape index (κ3) is 7.59. The second-order valence-corrected chi connectivity index (χ2v) is 8.15. The molecule has 6 nitrogen and oxygen atoms in total. The molecule has 0 amide bonds. The van der Waals surface area contributed by atoms with E-state index in [2.05, 4.69) is 52.7 Å². The first-order valence-corrected chi connectivity index (χ1v) is 11.3. The molecule has 2 rings (SSSR count). The zero-order chi connectivity index (χ0) is 25.1. The van der Waals surface area contributed by atoms with Crippen LogP contribution in [0.2, 0.25) is 0 Å². The predicted molar refractivity (Wildman–Crippen MR) is 138 cm³/mol. The molecule has 4 N–H and O–H groups in total. The van der Waals surface area contributed by atoms with E-state index in [1.807, 2.05) is 19.2 Å². The van der Waals surface area contributed by atoms with Gasteiger partial charge in [-0.2, -0.15) is 0 Å². The number of anilines is 1. The normalized spacial score (nSPS) is 13.0. The summed E-state index contributed by atoms with van der Waals surface area (Å²) in [6.07, 6.45) is 5.89. The molecule has 0 saturated heterocycles. The number of aryl methyl sites for hydroxylation is 1. The summed E-state index contributed by atoms with van der Waals surface area (Å²) in [6.45, 7) is 12.4. The number of pyridine rings is 1. The first kappa shape index (κ1) is 26.9. The maximum atomic E-state index is 14.8. The van der Waals surface area contributed by atoms with Crippen molar-refractivity contribution in [2.24, 2.45) is 21.6 Å². The van der Waals surface area contributed by atoms with E-state index in [1.165, 1.54) is 6.07 Å². The van der Waals surface area contributed by atoms with Gasteiger partial charge in [-0.25, -0.2) is 18.8 Å². The summed E-state index contributed by atoms with van der Waals surface area (Å²) in [5.41, 5.74) is 7.39. The molecule has 0 radical (unpaired) electrons. The SMILES string of the molecule is C=Nc1c(F)cc(C(=N/C(=C)Nc2ccc(CC(C)CC)cn2)/C(F)=C\N)cc1CCCNC. The zero-order valence-corrected chi connectivity index (χ0v) is 20.2. The molecule has 1 atom stereocenters. The zero-order valence-electron chi connectivity index (χ0n) is 20.2. The topological polar surface area (TPSA) is 87.7 Å². The molecule has 1 aromatic carbocycles. The average Bonchev–Trinajstić information content (AvgIpc) is 2.83. The predicted octanol–water partition coefficient (Wildman–Crippen LogP) is 5.44. The van der Waals surface area contributed by atoms with E-state index in [0.29, 0.717) is 23.7 Å². The third-order valence-corrected chi connectivity index (χ3v) is 5.44. The number of nitrogens with one attached hydrogen (secondary N) is 2. The molecule has 0 spiro atoms. The van der Waals surface area contributed by atoms with Crippen LogP contribution in [-0.2, 0) is 12.8 Å². The fraction of sp³-hybridized carbons (Fsp3) is 0.346. The highest BCUT2D eigenvalue weighted by atomic mass is 19.1. The van der Waals surface area contributed by atoms with Crippen molar-refractivity contribution in [3.05, 3.63) is 77.4 Å². The van der Waals surface area contributed by atoms with E-state index in [4.69, 9.17) is 5.73 Å². The highest BCUT2D eigenvalue weighted by Crippen LogP contribution is 2.28. The van der Waals surface area contributed by atoms with Crippen molar-refractivity contribution in [3.63, 3.8) is 0 Å². The van der Waals surface area contributed by atoms with E-state index >= 15 is 0 Å². The van der Waals surface area contributed by atoms with Gasteiger partial charge in [-0.3, -0.25) is 4.99 Å². The Hall–Kier alpha value is -3.39. The molecule has 0 aliphatic heterocycles. The average molecular weight is 469 g/mol. The van der Waals surface area contributed by atoms with Crippen LogP contribution in [0.15, 0.2) is 64.9 Å². The van der Waals surface area contributed by atoms with Crippen molar-refractivity contribution in [1.82, 2.24) is 10.3 Å². The van der Waals surface area contributed by atoms with E-state index in [1.54, 1.807) is 12.3 Å². The number of aromatic nitrogens is 1. The van der Waals surface area contributed by atoms with Crippen LogP contribution in [0.4, 0.5) is 20.3 Å². The summed E-state index contributed by atoms with van der Waals surface area (Å²) >= 11 is 0. The van der Waals surface area contributed by atoms with Crippen LogP contribution in [0.25, 0.3) is 0 Å². The number of benzene rings is 1. The highest BCUT2D eigenvalue weighted by Gasteiger charge is 2.17. The molecule has 0 saturated carbocycles. The molecule has 34 heavy (non-hydrogen) atoms. The molecular formula is C26H34F2N6. The molecule has 0 aliphatic carbocycles. The molecule has 0 fully saturated rings. The first-order valence-electron chi connectivity index (χ1n) is 11.3. The Morgan fingerprint density at radius 2 is 2.09 bits per heavy atom. The summed E-state index contributed by atoms with van der Waals surface area (Å²) in [5, 5.41) is 6.00. The Kier molecular flexibility index (Phi) is 10.5. The molecule has 182 valence electrons. The van der Waals surface area contributed by atoms with Gasteiger partial charge in [-0.05, 0) is 74.8 Å². The second-order valence-electron chi connectivity index (χ2n) is 8.15. The van der Waals surface area contributed by atoms with Crippen LogP contribution in [0.5, 0.6) is 0 Å². The van der Waals surface area contributed by atoms with E-state index in [9.17, 15) is 8.78 Å². The quantitative estimate of drug-likeness (QED) is 0.270. The number of hydrogen-bond acceptors (Lipinski definition) is 6. The lowest BCUT2D eigenvalue weighted by molar-refractivity contribution is 0.559. The fourth-order valence-corrected chi connectivity index (χ4v) is 3.43. The minimum absolute atomic E-state index is 0.136. The fourth-order valence-electron chi connectivity index (χ4n) is 3.43. The van der Waals surface area contributed by atoms with Crippen molar-refractivity contribution in [2.75, 3.05) is 18.9 Å². The van der Waals surface area contributed by atoms with Crippen molar-refractivity contribution in [3.8, 4) is 0 Å². The lowest BCUT2D eigenvalue weighted by Crippen LogP contribution is -2.10. The maximum Gasteiger partial charge on any atom is 0.164 e. The van der Waals surface area contributed by atoms with Gasteiger partial charge in [0.1, 0.15) is 28.9 Å². The molecule has 0 bridgehead atoms. The van der Waals surface area contributed by atoms with Gasteiger partial charge in [0, 0.05) is 18.0 Å². The third-order valence-electron chi connectivity index (χ3n) is 5.44. The summed E-state index contributed by atoms with van der Waals surface area (Å²) in [6, 6.07) is 6.62. The van der Waals surface area contributed by atoms with Crippen LogP contribution in [0.3, 0.4) is 0 Å². The molecule has 1 aromatic heterocycles. The number of hydrogen-bond donors (Lipinski definition) is 3. The van der Waals surface area contributed by atoms with Gasteiger partial charge < -0.3 is 16.4 Å². The van der Waals surface area contributed by atoms with Crippen LogP contribution >= 0.6 is 0 Å². The Balaban J connectivity index is 2.32. The second kappa shape index (κ2) is 13.3. The van der Waals surface area contributed by atoms with Crippen molar-refractivity contribution >= 4 is 23.9 Å². The van der Waals surface area contributed by atoms with Gasteiger partial charge in [0.05, 0.1) is 0 Å². The van der Waals surface area contributed by atoms with E-state index < -0.39 is 11.6 Å². The number of nitrogens with two attached hydrogens (primary N) is 1. The van der Waals surface area contributed by atoms with Crippen LogP contribution < -0.4 is 16.4 Å². The summed E-state index contributed by atoms with van der Waals surface area (Å²) in [4.78, 5) is 12.4. The summed E-state index contributed by atoms with van der Waals surface area (Å²) in [5.74, 6) is -0.193. The summed E-state index contributed by atoms with van der Waals surface area (Å²) in [7, 11) is 1.84. The van der Waals surface area contributed by atoms with Crippen LogP contribution in [0, 0.1) is 11.7 Å². The van der Waals surface area contributed by atoms with Gasteiger partial charge >= 0.3 is 0 Å². The largest absolute Gasteiger partial charge is 0.402 e. The lowest BCUT2D eigenvalue weighted by Gasteiger charge is -2.13. The van der Waals surface area contributed by atoms with Crippen LogP contribution in [0.1, 0.15) is 43.4 Å². The number of nitrogens with zero attached hydrogens (tertiary/aromatic N) is 3. The van der Waals surface area contributed by atoms with Gasteiger partial charge in [-0.1, -0.05) is 32.9 Å². The molecule has 1 unspecified atom stereocenters. The van der Waals surface area contributed by atoms with Crippen LogP contribution in [-0.4, -0.2) is 31.0 Å². The maximum absolute atomic E-state index is 14.8. The molecule has 1 heterocycles. The van der Waals surface area contributed by atoms with Crippen molar-refractivity contribution < 1.29 is 8.78 Å². The molecule has 0 aliphatic rings. The number of halogens is 2. The Labute approximate surface area is 200 Å². The van der Waals surface area contributed by atoms with Gasteiger partial charge in [-0.15, -0.1) is 0 Å².